The summed E-state index contributed by atoms with van der Waals surface area (Å²) >= 11 is 0. The number of carbonyl (C=O) groups is 2. The van der Waals surface area contributed by atoms with Crippen molar-refractivity contribution in [3.05, 3.63) is 0 Å². The number of hydrogen-bond acceptors (Lipinski definition) is 6. The first-order valence-electron chi connectivity index (χ1n) is 7.18. The molecule has 0 radical (unpaired) electrons. The van der Waals surface area contributed by atoms with Crippen molar-refractivity contribution in [2.24, 2.45) is 0 Å². The van der Waals surface area contributed by atoms with Gasteiger partial charge in [0.1, 0.15) is 12.2 Å². The van der Waals surface area contributed by atoms with E-state index in [1.807, 2.05) is 20.8 Å². The zero-order valence-electron chi connectivity index (χ0n) is 13.7. The number of esters is 2. The molecule has 0 N–H and O–H groups in total. The van der Waals surface area contributed by atoms with Crippen LogP contribution < -0.4 is 0 Å². The van der Waals surface area contributed by atoms with Gasteiger partial charge in [-0.3, -0.25) is 9.59 Å². The van der Waals surface area contributed by atoms with Crippen LogP contribution in [0.15, 0.2) is 0 Å². The molecule has 6 nitrogen and oxygen atoms in total. The van der Waals surface area contributed by atoms with Crippen LogP contribution in [-0.4, -0.2) is 42.1 Å². The van der Waals surface area contributed by atoms with E-state index in [-0.39, 0.29) is 37.2 Å². The highest BCUT2D eigenvalue weighted by Gasteiger charge is 2.37. The Labute approximate surface area is 126 Å². The Hall–Kier alpha value is -1.14. The standard InChI is InChI=1S/C15H26O6/c1-10(16)18-9-12-7-11(19-15(5,6)20-12)8-13(17)21-14(2,3)4/h11-12H,7-9H2,1-6H3/t11?,12-/m0/s1. The smallest absolute Gasteiger partial charge is 0.308 e. The average Bonchev–Trinajstić information content (AvgIpc) is 2.20. The molecule has 0 aromatic carbocycles. The molecule has 0 aromatic heterocycles. The van der Waals surface area contributed by atoms with Crippen LogP contribution in [0.5, 0.6) is 0 Å². The normalized spacial score (nSPS) is 25.2. The summed E-state index contributed by atoms with van der Waals surface area (Å²) in [6.45, 7) is 10.5. The largest absolute Gasteiger partial charge is 0.463 e. The Morgan fingerprint density at radius 2 is 1.76 bits per heavy atom. The lowest BCUT2D eigenvalue weighted by Crippen LogP contribution is -2.47. The van der Waals surface area contributed by atoms with Crippen molar-refractivity contribution in [3.63, 3.8) is 0 Å². The van der Waals surface area contributed by atoms with Gasteiger partial charge in [0.05, 0.1) is 18.6 Å². The quantitative estimate of drug-likeness (QED) is 0.741. The van der Waals surface area contributed by atoms with E-state index in [2.05, 4.69) is 0 Å². The molecule has 1 fully saturated rings. The summed E-state index contributed by atoms with van der Waals surface area (Å²) in [6, 6.07) is 0. The van der Waals surface area contributed by atoms with Crippen LogP contribution in [0, 0.1) is 0 Å². The van der Waals surface area contributed by atoms with Gasteiger partial charge in [-0.05, 0) is 34.6 Å². The van der Waals surface area contributed by atoms with Crippen molar-refractivity contribution in [1.29, 1.82) is 0 Å². The first kappa shape index (κ1) is 17.9. The van der Waals surface area contributed by atoms with Crippen molar-refractivity contribution >= 4 is 11.9 Å². The number of hydrogen-bond donors (Lipinski definition) is 0. The molecule has 0 saturated carbocycles. The number of ether oxygens (including phenoxy) is 4. The first-order valence-corrected chi connectivity index (χ1v) is 7.18. The molecule has 1 aliphatic heterocycles. The van der Waals surface area contributed by atoms with Crippen LogP contribution >= 0.6 is 0 Å². The maximum Gasteiger partial charge on any atom is 0.308 e. The molecule has 1 aliphatic rings. The Bertz CT molecular complexity index is 382. The predicted octanol–water partition coefficient (Wildman–Crippen LogP) is 2.19. The first-order chi connectivity index (χ1) is 9.47. The molecule has 2 atom stereocenters. The molecule has 1 heterocycles. The van der Waals surface area contributed by atoms with Gasteiger partial charge in [-0.1, -0.05) is 0 Å². The van der Waals surface area contributed by atoms with Gasteiger partial charge in [-0.2, -0.15) is 0 Å². The Morgan fingerprint density at radius 1 is 1.19 bits per heavy atom. The van der Waals surface area contributed by atoms with E-state index in [9.17, 15) is 9.59 Å². The monoisotopic (exact) mass is 302 g/mol. The zero-order valence-corrected chi connectivity index (χ0v) is 13.7. The van der Waals surface area contributed by atoms with Gasteiger partial charge < -0.3 is 18.9 Å². The molecule has 1 saturated heterocycles. The molecule has 1 unspecified atom stereocenters. The third-order valence-electron chi connectivity index (χ3n) is 2.71. The van der Waals surface area contributed by atoms with Crippen LogP contribution in [0.1, 0.15) is 54.4 Å². The molecule has 0 aromatic rings. The number of rotatable bonds is 4. The van der Waals surface area contributed by atoms with Crippen molar-refractivity contribution < 1.29 is 28.5 Å². The Morgan fingerprint density at radius 3 is 2.29 bits per heavy atom. The van der Waals surface area contributed by atoms with Crippen molar-refractivity contribution in [2.45, 2.75) is 78.0 Å². The maximum absolute atomic E-state index is 11.9. The Balaban J connectivity index is 2.57. The predicted molar refractivity (Wildman–Crippen MR) is 75.5 cm³/mol. The van der Waals surface area contributed by atoms with E-state index in [1.165, 1.54) is 6.92 Å². The minimum absolute atomic E-state index is 0.153. The van der Waals surface area contributed by atoms with Crippen molar-refractivity contribution in [3.8, 4) is 0 Å². The van der Waals surface area contributed by atoms with Crippen LogP contribution in [0.2, 0.25) is 0 Å². The molecule has 0 bridgehead atoms. The summed E-state index contributed by atoms with van der Waals surface area (Å²) < 4.78 is 21.7. The summed E-state index contributed by atoms with van der Waals surface area (Å²) in [5.74, 6) is -1.49. The topological polar surface area (TPSA) is 71.1 Å². The van der Waals surface area contributed by atoms with Crippen molar-refractivity contribution in [1.82, 2.24) is 0 Å². The highest BCUT2D eigenvalue weighted by atomic mass is 16.7. The molecule has 0 amide bonds. The fourth-order valence-corrected chi connectivity index (χ4v) is 2.23. The molecule has 21 heavy (non-hydrogen) atoms. The Kier molecular flexibility index (Phi) is 5.75. The fraction of sp³-hybridized carbons (Fsp3) is 0.867. The van der Waals surface area contributed by atoms with Gasteiger partial charge in [0, 0.05) is 13.3 Å². The molecule has 1 rings (SSSR count). The minimum Gasteiger partial charge on any atom is -0.463 e. The van der Waals surface area contributed by atoms with E-state index in [1.54, 1.807) is 13.8 Å². The van der Waals surface area contributed by atoms with E-state index in [0.29, 0.717) is 6.42 Å². The molecule has 0 spiro atoms. The maximum atomic E-state index is 11.9. The van der Waals surface area contributed by atoms with Crippen molar-refractivity contribution in [2.75, 3.05) is 6.61 Å². The summed E-state index contributed by atoms with van der Waals surface area (Å²) in [5, 5.41) is 0. The summed E-state index contributed by atoms with van der Waals surface area (Å²) in [6.07, 6.45) is 0.0329. The van der Waals surface area contributed by atoms with Gasteiger partial charge in [-0.15, -0.1) is 0 Å². The fourth-order valence-electron chi connectivity index (χ4n) is 2.23. The third-order valence-corrected chi connectivity index (χ3v) is 2.71. The molecule has 6 heteroatoms. The second-order valence-corrected chi connectivity index (χ2v) is 6.71. The van der Waals surface area contributed by atoms with E-state index in [4.69, 9.17) is 18.9 Å². The third kappa shape index (κ3) is 7.43. The molecule has 0 aliphatic carbocycles. The summed E-state index contributed by atoms with van der Waals surface area (Å²) in [4.78, 5) is 22.8. The average molecular weight is 302 g/mol. The second-order valence-electron chi connectivity index (χ2n) is 6.71. The van der Waals surface area contributed by atoms with E-state index in [0.717, 1.165) is 0 Å². The van der Waals surface area contributed by atoms with Crippen LogP contribution in [0.25, 0.3) is 0 Å². The SMILES string of the molecule is CC(=O)OC[C@@H]1CC(CC(=O)OC(C)(C)C)OC(C)(C)O1. The zero-order chi connectivity index (χ0) is 16.3. The lowest BCUT2D eigenvalue weighted by Gasteiger charge is -2.40. The highest BCUT2D eigenvalue weighted by molar-refractivity contribution is 5.70. The second kappa shape index (κ2) is 6.75. The number of carbonyl (C=O) groups excluding carboxylic acids is 2. The summed E-state index contributed by atoms with van der Waals surface area (Å²) in [5.41, 5.74) is -0.519. The van der Waals surface area contributed by atoms with Gasteiger partial charge in [0.2, 0.25) is 0 Å². The van der Waals surface area contributed by atoms with Gasteiger partial charge in [0.15, 0.2) is 5.79 Å². The van der Waals surface area contributed by atoms with E-state index >= 15 is 0 Å². The lowest BCUT2D eigenvalue weighted by molar-refractivity contribution is -0.304. The van der Waals surface area contributed by atoms with Crippen LogP contribution in [0.3, 0.4) is 0 Å². The van der Waals surface area contributed by atoms with Crippen LogP contribution in [0.4, 0.5) is 0 Å². The van der Waals surface area contributed by atoms with Gasteiger partial charge in [-0.25, -0.2) is 0 Å². The molecular weight excluding hydrogens is 276 g/mol. The molecular formula is C15H26O6. The highest BCUT2D eigenvalue weighted by Crippen LogP contribution is 2.29. The molecule has 122 valence electrons. The lowest BCUT2D eigenvalue weighted by atomic mass is 10.1. The van der Waals surface area contributed by atoms with Gasteiger partial charge in [0.25, 0.3) is 0 Å². The van der Waals surface area contributed by atoms with E-state index < -0.39 is 11.4 Å². The summed E-state index contributed by atoms with van der Waals surface area (Å²) in [7, 11) is 0. The van der Waals surface area contributed by atoms with Crippen LogP contribution in [-0.2, 0) is 28.5 Å². The minimum atomic E-state index is -0.824. The van der Waals surface area contributed by atoms with Gasteiger partial charge >= 0.3 is 11.9 Å².